The van der Waals surface area contributed by atoms with Crippen molar-refractivity contribution in [3.8, 4) is 0 Å². The lowest BCUT2D eigenvalue weighted by Gasteiger charge is -2.30. The molecular weight excluding hydrogens is 193 g/mol. The molecule has 0 N–H and O–H groups in total. The SMILES string of the molecule is CCC(C[N+](C)(C)C)OP1CCCC1. The molecule has 1 rings (SSSR count). The zero-order valence-electron chi connectivity index (χ0n) is 10.1. The van der Waals surface area contributed by atoms with E-state index in [1.165, 1.54) is 25.2 Å². The van der Waals surface area contributed by atoms with Gasteiger partial charge in [-0.3, -0.25) is 0 Å². The lowest BCUT2D eigenvalue weighted by atomic mass is 10.2. The summed E-state index contributed by atoms with van der Waals surface area (Å²) in [4.78, 5) is 0. The Kier molecular flexibility index (Phi) is 4.82. The highest BCUT2D eigenvalue weighted by Gasteiger charge is 2.23. The first-order valence-corrected chi connectivity index (χ1v) is 7.36. The van der Waals surface area contributed by atoms with Crippen molar-refractivity contribution in [3.63, 3.8) is 0 Å². The van der Waals surface area contributed by atoms with Crippen LogP contribution in [0.2, 0.25) is 0 Å². The predicted molar refractivity (Wildman–Crippen MR) is 64.0 cm³/mol. The molecule has 2 nitrogen and oxygen atoms in total. The minimum Gasteiger partial charge on any atom is -0.350 e. The lowest BCUT2D eigenvalue weighted by Crippen LogP contribution is -2.41. The molecule has 0 aromatic rings. The third-order valence-corrected chi connectivity index (χ3v) is 4.80. The molecule has 1 heterocycles. The molecule has 0 spiro atoms. The van der Waals surface area contributed by atoms with E-state index in [0.717, 1.165) is 17.4 Å². The maximum atomic E-state index is 6.19. The Balaban J connectivity index is 2.30. The first-order chi connectivity index (χ1) is 6.51. The van der Waals surface area contributed by atoms with E-state index in [1.807, 2.05) is 0 Å². The van der Waals surface area contributed by atoms with Gasteiger partial charge < -0.3 is 9.01 Å². The van der Waals surface area contributed by atoms with Crippen LogP contribution in [-0.2, 0) is 4.52 Å². The van der Waals surface area contributed by atoms with E-state index in [0.29, 0.717) is 6.10 Å². The number of hydrogen-bond donors (Lipinski definition) is 0. The van der Waals surface area contributed by atoms with Gasteiger partial charge in [-0.05, 0) is 31.6 Å². The minimum atomic E-state index is -0.0533. The maximum Gasteiger partial charge on any atom is 0.110 e. The summed E-state index contributed by atoms with van der Waals surface area (Å²) in [6.45, 7) is 3.39. The molecular formula is C11H25NOP+. The molecule has 0 amide bonds. The van der Waals surface area contributed by atoms with Crippen molar-refractivity contribution >= 4 is 8.15 Å². The van der Waals surface area contributed by atoms with Crippen LogP contribution in [0.1, 0.15) is 26.2 Å². The summed E-state index contributed by atoms with van der Waals surface area (Å²) in [5.41, 5.74) is 0. The van der Waals surface area contributed by atoms with Crippen molar-refractivity contribution in [2.24, 2.45) is 0 Å². The van der Waals surface area contributed by atoms with Gasteiger partial charge in [-0.2, -0.15) is 0 Å². The molecule has 1 aliphatic heterocycles. The van der Waals surface area contributed by atoms with Crippen LogP contribution in [0.3, 0.4) is 0 Å². The number of nitrogens with zero attached hydrogens (tertiary/aromatic N) is 1. The van der Waals surface area contributed by atoms with E-state index in [9.17, 15) is 0 Å². The van der Waals surface area contributed by atoms with Crippen LogP contribution in [0.4, 0.5) is 0 Å². The Labute approximate surface area is 90.1 Å². The maximum absolute atomic E-state index is 6.19. The fraction of sp³-hybridized carbons (Fsp3) is 1.00. The summed E-state index contributed by atoms with van der Waals surface area (Å²) in [5, 5.41) is 0. The van der Waals surface area contributed by atoms with E-state index in [-0.39, 0.29) is 8.15 Å². The van der Waals surface area contributed by atoms with Crippen LogP contribution < -0.4 is 0 Å². The van der Waals surface area contributed by atoms with Crippen LogP contribution in [0.15, 0.2) is 0 Å². The van der Waals surface area contributed by atoms with Crippen LogP contribution in [-0.4, -0.2) is 50.6 Å². The molecule has 84 valence electrons. The first-order valence-electron chi connectivity index (χ1n) is 5.73. The van der Waals surface area contributed by atoms with E-state index in [4.69, 9.17) is 4.52 Å². The van der Waals surface area contributed by atoms with Crippen LogP contribution in [0, 0.1) is 0 Å². The van der Waals surface area contributed by atoms with Crippen LogP contribution in [0.5, 0.6) is 0 Å². The Morgan fingerprint density at radius 3 is 2.21 bits per heavy atom. The van der Waals surface area contributed by atoms with Gasteiger partial charge in [-0.1, -0.05) is 6.92 Å². The predicted octanol–water partition coefficient (Wildman–Crippen LogP) is 2.68. The summed E-state index contributed by atoms with van der Waals surface area (Å²) in [6.07, 6.45) is 7.14. The van der Waals surface area contributed by atoms with Gasteiger partial charge in [0.1, 0.15) is 12.6 Å². The van der Waals surface area contributed by atoms with Crippen molar-refractivity contribution in [1.29, 1.82) is 0 Å². The summed E-state index contributed by atoms with van der Waals surface area (Å²) >= 11 is 0. The average molecular weight is 218 g/mol. The molecule has 0 radical (unpaired) electrons. The number of likely N-dealkylation sites (N-methyl/N-ethyl adjacent to an activating group) is 1. The Hall–Kier alpha value is 0.350. The molecule has 0 aliphatic carbocycles. The van der Waals surface area contributed by atoms with E-state index in [1.54, 1.807) is 0 Å². The molecule has 3 heteroatoms. The van der Waals surface area contributed by atoms with Crippen LogP contribution >= 0.6 is 8.15 Å². The van der Waals surface area contributed by atoms with Gasteiger partial charge in [0.25, 0.3) is 0 Å². The van der Waals surface area contributed by atoms with Gasteiger partial charge in [-0.15, -0.1) is 0 Å². The van der Waals surface area contributed by atoms with E-state index < -0.39 is 0 Å². The molecule has 0 bridgehead atoms. The molecule has 1 unspecified atom stereocenters. The van der Waals surface area contributed by atoms with Crippen molar-refractivity contribution in [3.05, 3.63) is 0 Å². The molecule has 0 aromatic carbocycles. The molecule has 1 atom stereocenters. The summed E-state index contributed by atoms with van der Waals surface area (Å²) in [6, 6.07) is 0. The summed E-state index contributed by atoms with van der Waals surface area (Å²) in [5.74, 6) is 0. The summed E-state index contributed by atoms with van der Waals surface area (Å²) in [7, 11) is 6.68. The number of quaternary nitrogens is 1. The highest BCUT2D eigenvalue weighted by atomic mass is 31.1. The van der Waals surface area contributed by atoms with Crippen LogP contribution in [0.25, 0.3) is 0 Å². The largest absolute Gasteiger partial charge is 0.350 e. The third kappa shape index (κ3) is 4.72. The lowest BCUT2D eigenvalue weighted by molar-refractivity contribution is -0.873. The average Bonchev–Trinajstić information content (AvgIpc) is 2.53. The fourth-order valence-corrected chi connectivity index (χ4v) is 4.08. The monoisotopic (exact) mass is 218 g/mol. The highest BCUT2D eigenvalue weighted by molar-refractivity contribution is 7.52. The molecule has 1 aliphatic rings. The van der Waals surface area contributed by atoms with Crippen molar-refractivity contribution in [2.75, 3.05) is 40.0 Å². The molecule has 1 saturated heterocycles. The zero-order valence-corrected chi connectivity index (χ0v) is 11.0. The third-order valence-electron chi connectivity index (χ3n) is 2.57. The van der Waals surface area contributed by atoms with Crippen molar-refractivity contribution in [1.82, 2.24) is 0 Å². The van der Waals surface area contributed by atoms with Gasteiger partial charge in [0, 0.05) is 8.15 Å². The first kappa shape index (κ1) is 12.4. The number of rotatable bonds is 5. The Morgan fingerprint density at radius 1 is 1.21 bits per heavy atom. The highest BCUT2D eigenvalue weighted by Crippen LogP contribution is 2.45. The van der Waals surface area contributed by atoms with E-state index >= 15 is 0 Å². The molecule has 14 heavy (non-hydrogen) atoms. The molecule has 1 fully saturated rings. The minimum absolute atomic E-state index is 0.0533. The van der Waals surface area contributed by atoms with Gasteiger partial charge in [0.15, 0.2) is 0 Å². The molecule has 0 aromatic heterocycles. The number of hydrogen-bond acceptors (Lipinski definition) is 1. The van der Waals surface area contributed by atoms with Gasteiger partial charge in [-0.25, -0.2) is 0 Å². The zero-order chi connectivity index (χ0) is 10.6. The smallest absolute Gasteiger partial charge is 0.110 e. The summed E-state index contributed by atoms with van der Waals surface area (Å²) < 4.78 is 7.20. The quantitative estimate of drug-likeness (QED) is 0.509. The standard InChI is InChI=1S/C11H25NOP/c1-5-11(10-12(2,3)4)13-14-8-6-7-9-14/h11H,5-10H2,1-4H3/q+1. The fourth-order valence-electron chi connectivity index (χ4n) is 1.85. The normalized spacial score (nSPS) is 21.4. The van der Waals surface area contributed by atoms with Crippen molar-refractivity contribution in [2.45, 2.75) is 32.3 Å². The second-order valence-corrected chi connectivity index (χ2v) is 7.31. The van der Waals surface area contributed by atoms with Gasteiger partial charge in [0.2, 0.25) is 0 Å². The van der Waals surface area contributed by atoms with Gasteiger partial charge in [0.05, 0.1) is 21.1 Å². The van der Waals surface area contributed by atoms with Crippen molar-refractivity contribution < 1.29 is 9.01 Å². The Bertz CT molecular complexity index is 161. The second-order valence-electron chi connectivity index (χ2n) is 5.24. The second kappa shape index (κ2) is 5.44. The topological polar surface area (TPSA) is 9.23 Å². The Morgan fingerprint density at radius 2 is 1.79 bits per heavy atom. The van der Waals surface area contributed by atoms with Gasteiger partial charge >= 0.3 is 0 Å². The van der Waals surface area contributed by atoms with E-state index in [2.05, 4.69) is 28.1 Å². The molecule has 0 saturated carbocycles.